The molecule has 1 aliphatic rings. The Labute approximate surface area is 76.4 Å². The summed E-state index contributed by atoms with van der Waals surface area (Å²) < 4.78 is 0. The van der Waals surface area contributed by atoms with Crippen molar-refractivity contribution < 1.29 is 0 Å². The van der Waals surface area contributed by atoms with E-state index < -0.39 is 0 Å². The first-order valence-electron chi connectivity index (χ1n) is 4.90. The molecule has 0 heteroatoms. The molecule has 0 fully saturated rings. The lowest BCUT2D eigenvalue weighted by Gasteiger charge is -2.23. The molecule has 0 radical (unpaired) electrons. The van der Waals surface area contributed by atoms with Crippen molar-refractivity contribution in [2.45, 2.75) is 47.0 Å². The average molecular weight is 164 g/mol. The van der Waals surface area contributed by atoms with Crippen LogP contribution in [0.4, 0.5) is 0 Å². The largest absolute Gasteiger partial charge is 0.0837 e. The molecule has 0 nitrogen and oxygen atoms in total. The molecule has 0 saturated heterocycles. The van der Waals surface area contributed by atoms with Crippen molar-refractivity contribution in [3.05, 3.63) is 23.3 Å². The highest BCUT2D eigenvalue weighted by Gasteiger charge is 2.20. The van der Waals surface area contributed by atoms with Gasteiger partial charge >= 0.3 is 0 Å². The fourth-order valence-electron chi connectivity index (χ4n) is 1.87. The summed E-state index contributed by atoms with van der Waals surface area (Å²) in [6.45, 7) is 9.20. The third-order valence-electron chi connectivity index (χ3n) is 2.71. The molecule has 12 heavy (non-hydrogen) atoms. The Morgan fingerprint density at radius 3 is 2.67 bits per heavy atom. The van der Waals surface area contributed by atoms with E-state index in [4.69, 9.17) is 0 Å². The summed E-state index contributed by atoms with van der Waals surface area (Å²) in [5.41, 5.74) is 3.59. The minimum absolute atomic E-state index is 0.472. The van der Waals surface area contributed by atoms with Crippen molar-refractivity contribution in [2.24, 2.45) is 5.41 Å². The molecule has 0 bridgehead atoms. The molecule has 0 N–H and O–H groups in total. The van der Waals surface area contributed by atoms with Gasteiger partial charge in [0.2, 0.25) is 0 Å². The Hall–Kier alpha value is -0.520. The molecule has 0 aromatic heterocycles. The Morgan fingerprint density at radius 2 is 2.08 bits per heavy atom. The maximum absolute atomic E-state index is 2.35. The van der Waals surface area contributed by atoms with Crippen LogP contribution in [-0.4, -0.2) is 0 Å². The van der Waals surface area contributed by atoms with Gasteiger partial charge in [0.1, 0.15) is 0 Å². The van der Waals surface area contributed by atoms with Crippen LogP contribution >= 0.6 is 0 Å². The van der Waals surface area contributed by atoms with Crippen LogP contribution in [0.25, 0.3) is 0 Å². The Bertz CT molecular complexity index is 216. The molecule has 0 saturated carbocycles. The minimum atomic E-state index is 0.472. The van der Waals surface area contributed by atoms with Gasteiger partial charge in [-0.2, -0.15) is 0 Å². The molecule has 0 aromatic rings. The van der Waals surface area contributed by atoms with Gasteiger partial charge in [0.05, 0.1) is 0 Å². The predicted octanol–water partition coefficient (Wildman–Crippen LogP) is 4.09. The van der Waals surface area contributed by atoms with E-state index in [0.29, 0.717) is 5.41 Å². The van der Waals surface area contributed by atoms with Gasteiger partial charge in [-0.15, -0.1) is 0 Å². The molecular formula is C12H20. The van der Waals surface area contributed by atoms with Gasteiger partial charge in [-0.25, -0.2) is 0 Å². The standard InChI is InChI=1S/C12H20/c1-5-11-9-12(3,4)8-6-7-10(11)2/h6-7H,5,8-9H2,1-4H3. The Balaban J connectivity index is 2.88. The summed E-state index contributed by atoms with van der Waals surface area (Å²) in [5, 5.41) is 0. The van der Waals surface area contributed by atoms with Crippen LogP contribution < -0.4 is 0 Å². The number of hydrogen-bond acceptors (Lipinski definition) is 0. The van der Waals surface area contributed by atoms with Crippen LogP contribution in [-0.2, 0) is 0 Å². The van der Waals surface area contributed by atoms with E-state index in [0.717, 1.165) is 0 Å². The molecule has 0 atom stereocenters. The van der Waals surface area contributed by atoms with Gasteiger partial charge in [0.15, 0.2) is 0 Å². The first-order chi connectivity index (χ1) is 5.55. The van der Waals surface area contributed by atoms with Gasteiger partial charge in [-0.3, -0.25) is 0 Å². The monoisotopic (exact) mass is 164 g/mol. The van der Waals surface area contributed by atoms with Crippen LogP contribution in [0.15, 0.2) is 23.3 Å². The molecule has 0 spiro atoms. The zero-order valence-corrected chi connectivity index (χ0v) is 8.78. The topological polar surface area (TPSA) is 0 Å². The minimum Gasteiger partial charge on any atom is -0.0837 e. The smallest absolute Gasteiger partial charge is 0.0260 e. The summed E-state index contributed by atoms with van der Waals surface area (Å²) in [4.78, 5) is 0. The molecule has 0 aliphatic heterocycles. The second kappa shape index (κ2) is 3.47. The van der Waals surface area contributed by atoms with E-state index in [2.05, 4.69) is 39.8 Å². The normalized spacial score (nSPS) is 22.7. The van der Waals surface area contributed by atoms with Gasteiger partial charge in [-0.1, -0.05) is 44.1 Å². The number of hydrogen-bond donors (Lipinski definition) is 0. The van der Waals surface area contributed by atoms with E-state index >= 15 is 0 Å². The third-order valence-corrected chi connectivity index (χ3v) is 2.71. The fraction of sp³-hybridized carbons (Fsp3) is 0.667. The Kier molecular flexibility index (Phi) is 2.76. The summed E-state index contributed by atoms with van der Waals surface area (Å²) in [7, 11) is 0. The predicted molar refractivity (Wildman–Crippen MR) is 55.1 cm³/mol. The first-order valence-corrected chi connectivity index (χ1v) is 4.90. The van der Waals surface area contributed by atoms with Crippen molar-refractivity contribution in [3.63, 3.8) is 0 Å². The molecule has 1 rings (SSSR count). The highest BCUT2D eigenvalue weighted by molar-refractivity contribution is 5.26. The van der Waals surface area contributed by atoms with Gasteiger partial charge in [0.25, 0.3) is 0 Å². The zero-order valence-electron chi connectivity index (χ0n) is 8.78. The van der Waals surface area contributed by atoms with Crippen molar-refractivity contribution in [3.8, 4) is 0 Å². The summed E-state index contributed by atoms with van der Waals surface area (Å²) in [5.74, 6) is 0. The van der Waals surface area contributed by atoms with E-state index in [1.807, 2.05) is 0 Å². The fourth-order valence-corrected chi connectivity index (χ4v) is 1.87. The van der Waals surface area contributed by atoms with Crippen molar-refractivity contribution in [1.29, 1.82) is 0 Å². The van der Waals surface area contributed by atoms with Gasteiger partial charge in [0, 0.05) is 0 Å². The summed E-state index contributed by atoms with van der Waals surface area (Å²) >= 11 is 0. The number of allylic oxidation sites excluding steroid dienone is 4. The molecule has 68 valence electrons. The highest BCUT2D eigenvalue weighted by atomic mass is 14.2. The van der Waals surface area contributed by atoms with Gasteiger partial charge < -0.3 is 0 Å². The van der Waals surface area contributed by atoms with Crippen LogP contribution in [0.1, 0.15) is 47.0 Å². The Morgan fingerprint density at radius 1 is 1.42 bits per heavy atom. The highest BCUT2D eigenvalue weighted by Crippen LogP contribution is 2.34. The lowest BCUT2D eigenvalue weighted by atomic mass is 9.82. The van der Waals surface area contributed by atoms with Crippen molar-refractivity contribution in [1.82, 2.24) is 0 Å². The maximum atomic E-state index is 2.35. The first kappa shape index (κ1) is 9.57. The van der Waals surface area contributed by atoms with E-state index in [1.165, 1.54) is 24.8 Å². The maximum Gasteiger partial charge on any atom is -0.0260 e. The van der Waals surface area contributed by atoms with E-state index in [1.54, 1.807) is 5.57 Å². The van der Waals surface area contributed by atoms with Crippen LogP contribution in [0.2, 0.25) is 0 Å². The van der Waals surface area contributed by atoms with Crippen LogP contribution in [0, 0.1) is 5.41 Å². The van der Waals surface area contributed by atoms with Crippen LogP contribution in [0.5, 0.6) is 0 Å². The molecule has 0 unspecified atom stereocenters. The number of rotatable bonds is 1. The average Bonchev–Trinajstić information content (AvgIpc) is 2.10. The molecule has 0 aromatic carbocycles. The second-order valence-corrected chi connectivity index (χ2v) is 4.59. The third kappa shape index (κ3) is 2.23. The lowest BCUT2D eigenvalue weighted by Crippen LogP contribution is -2.10. The molecule has 0 heterocycles. The summed E-state index contributed by atoms with van der Waals surface area (Å²) in [6.07, 6.45) is 8.29. The second-order valence-electron chi connectivity index (χ2n) is 4.59. The quantitative estimate of drug-likeness (QED) is 0.547. The van der Waals surface area contributed by atoms with Crippen molar-refractivity contribution in [2.75, 3.05) is 0 Å². The lowest BCUT2D eigenvalue weighted by molar-refractivity contribution is 0.366. The molecular weight excluding hydrogens is 144 g/mol. The zero-order chi connectivity index (χ0) is 9.19. The molecule has 1 aliphatic carbocycles. The van der Waals surface area contributed by atoms with E-state index in [-0.39, 0.29) is 0 Å². The SMILES string of the molecule is CCC1=C(C)C=CCC(C)(C)C1. The van der Waals surface area contributed by atoms with Gasteiger partial charge in [-0.05, 0) is 31.6 Å². The molecule has 0 amide bonds. The van der Waals surface area contributed by atoms with E-state index in [9.17, 15) is 0 Å². The summed E-state index contributed by atoms with van der Waals surface area (Å²) in [6, 6.07) is 0. The van der Waals surface area contributed by atoms with Crippen LogP contribution in [0.3, 0.4) is 0 Å². The van der Waals surface area contributed by atoms with Crippen molar-refractivity contribution >= 4 is 0 Å².